The molecule has 2 nitrogen and oxygen atoms in total. The van der Waals surface area contributed by atoms with E-state index in [1.54, 1.807) is 32.4 Å². The molecule has 1 N–H and O–H groups in total. The lowest BCUT2D eigenvalue weighted by Gasteiger charge is -2.28. The van der Waals surface area contributed by atoms with Gasteiger partial charge >= 0.3 is 0 Å². The van der Waals surface area contributed by atoms with E-state index in [9.17, 15) is 9.67 Å². The van der Waals surface area contributed by atoms with Crippen LogP contribution in [0.1, 0.15) is 12.5 Å². The molecule has 0 spiro atoms. The molecule has 0 saturated heterocycles. The fraction of sp³-hybridized carbons (Fsp3) is 0.400. The predicted octanol–water partition coefficient (Wildman–Crippen LogP) is 3.24. The summed E-state index contributed by atoms with van der Waals surface area (Å²) in [6, 6.07) is 7.23. The second-order valence-corrected chi connectivity index (χ2v) is 8.37. The highest BCUT2D eigenvalue weighted by Gasteiger charge is 2.36. The molecule has 0 heterocycles. The molecule has 1 unspecified atom stereocenters. The van der Waals surface area contributed by atoms with Crippen molar-refractivity contribution < 1.29 is 9.67 Å². The Labute approximate surface area is 92.8 Å². The summed E-state index contributed by atoms with van der Waals surface area (Å²) in [5.74, 6) is 0. The minimum Gasteiger partial charge on any atom is -0.378 e. The van der Waals surface area contributed by atoms with Crippen LogP contribution in [0.25, 0.3) is 0 Å². The zero-order valence-electron chi connectivity index (χ0n) is 8.49. The van der Waals surface area contributed by atoms with Gasteiger partial charge < -0.3 is 9.67 Å². The maximum absolute atomic E-state index is 11.9. The Hall–Kier alpha value is -0.110. The molecule has 0 bridgehead atoms. The molecule has 1 atom stereocenters. The van der Waals surface area contributed by atoms with Gasteiger partial charge in [0.05, 0.1) is 0 Å². The maximum Gasteiger partial charge on any atom is 0.139 e. The van der Waals surface area contributed by atoms with Gasteiger partial charge in [0.15, 0.2) is 0 Å². The summed E-state index contributed by atoms with van der Waals surface area (Å²) in [5, 5.41) is 8.89. The van der Waals surface area contributed by atoms with Gasteiger partial charge in [0.2, 0.25) is 0 Å². The highest BCUT2D eigenvalue weighted by Crippen LogP contribution is 2.55. The van der Waals surface area contributed by atoms with Gasteiger partial charge in [0, 0.05) is 4.47 Å². The first-order valence-corrected chi connectivity index (χ1v) is 7.68. The highest BCUT2D eigenvalue weighted by molar-refractivity contribution is 9.10. The minimum atomic E-state index is -2.57. The SMILES string of the molecule is CC(O)(c1ccc(Br)cc1)P(C)(C)=O. The summed E-state index contributed by atoms with van der Waals surface area (Å²) in [6.07, 6.45) is 0. The van der Waals surface area contributed by atoms with E-state index >= 15 is 0 Å². The Kier molecular flexibility index (Phi) is 3.25. The Balaban J connectivity index is 3.17. The summed E-state index contributed by atoms with van der Waals surface area (Å²) in [6.45, 7) is 4.78. The maximum atomic E-state index is 11.9. The van der Waals surface area contributed by atoms with Crippen LogP contribution in [0.4, 0.5) is 0 Å². The molecule has 0 amide bonds. The van der Waals surface area contributed by atoms with Gasteiger partial charge in [-0.2, -0.15) is 0 Å². The van der Waals surface area contributed by atoms with Gasteiger partial charge in [-0.1, -0.05) is 28.1 Å². The normalized spacial score (nSPS) is 16.4. The van der Waals surface area contributed by atoms with E-state index in [4.69, 9.17) is 0 Å². The monoisotopic (exact) mass is 276 g/mol. The molecule has 14 heavy (non-hydrogen) atoms. The van der Waals surface area contributed by atoms with Crippen LogP contribution in [0.3, 0.4) is 0 Å². The van der Waals surface area contributed by atoms with Crippen molar-refractivity contribution >= 4 is 23.1 Å². The molecule has 78 valence electrons. The van der Waals surface area contributed by atoms with Crippen molar-refractivity contribution in [3.8, 4) is 0 Å². The third-order valence-electron chi connectivity index (χ3n) is 2.44. The summed E-state index contributed by atoms with van der Waals surface area (Å²) in [7, 11) is -2.57. The number of aliphatic hydroxyl groups is 1. The number of hydrogen-bond acceptors (Lipinski definition) is 2. The average molecular weight is 277 g/mol. The van der Waals surface area contributed by atoms with Gasteiger partial charge in [-0.15, -0.1) is 0 Å². The summed E-state index contributed by atoms with van der Waals surface area (Å²) in [5.41, 5.74) is 0.689. The quantitative estimate of drug-likeness (QED) is 0.842. The van der Waals surface area contributed by atoms with E-state index < -0.39 is 12.5 Å². The summed E-state index contributed by atoms with van der Waals surface area (Å²) < 4.78 is 12.8. The average Bonchev–Trinajstić information content (AvgIpc) is 2.03. The van der Waals surface area contributed by atoms with Crippen LogP contribution in [-0.2, 0) is 9.91 Å². The standard InChI is InChI=1S/C10H14BrO2P/c1-10(12,14(2,3)13)8-4-6-9(11)7-5-8/h4-7,12H,1-3H3. The van der Waals surface area contributed by atoms with Crippen molar-refractivity contribution in [3.63, 3.8) is 0 Å². The molecule has 0 fully saturated rings. The number of halogens is 1. The van der Waals surface area contributed by atoms with E-state index in [0.717, 1.165) is 4.47 Å². The fourth-order valence-corrected chi connectivity index (χ4v) is 2.11. The summed E-state index contributed by atoms with van der Waals surface area (Å²) in [4.78, 5) is 0. The first kappa shape index (κ1) is 12.0. The Morgan fingerprint density at radius 1 is 1.29 bits per heavy atom. The molecule has 0 radical (unpaired) electrons. The molecule has 0 aliphatic heterocycles. The third-order valence-corrected chi connectivity index (χ3v) is 5.32. The van der Waals surface area contributed by atoms with Crippen molar-refractivity contribution in [1.82, 2.24) is 0 Å². The molecule has 1 aromatic rings. The molecule has 0 aliphatic carbocycles. The van der Waals surface area contributed by atoms with Crippen LogP contribution in [0.5, 0.6) is 0 Å². The van der Waals surface area contributed by atoms with E-state index in [2.05, 4.69) is 15.9 Å². The lowest BCUT2D eigenvalue weighted by Crippen LogP contribution is -2.20. The molecule has 0 aromatic heterocycles. The lowest BCUT2D eigenvalue weighted by molar-refractivity contribution is 0.144. The zero-order chi connectivity index (χ0) is 11.0. The van der Waals surface area contributed by atoms with Crippen LogP contribution in [0, 0.1) is 0 Å². The van der Waals surface area contributed by atoms with Crippen LogP contribution in [0.2, 0.25) is 0 Å². The van der Waals surface area contributed by atoms with Crippen LogP contribution >= 0.6 is 23.1 Å². The Morgan fingerprint density at radius 3 is 2.07 bits per heavy atom. The molecular weight excluding hydrogens is 263 g/mol. The van der Waals surface area contributed by atoms with E-state index in [1.165, 1.54) is 0 Å². The lowest BCUT2D eigenvalue weighted by atomic mass is 10.1. The van der Waals surface area contributed by atoms with Gasteiger partial charge in [0.25, 0.3) is 0 Å². The van der Waals surface area contributed by atoms with Crippen LogP contribution in [-0.4, -0.2) is 18.4 Å². The van der Waals surface area contributed by atoms with Crippen molar-refractivity contribution in [3.05, 3.63) is 34.3 Å². The van der Waals surface area contributed by atoms with Gasteiger partial charge in [-0.05, 0) is 37.9 Å². The molecule has 0 saturated carbocycles. The predicted molar refractivity (Wildman–Crippen MR) is 63.2 cm³/mol. The van der Waals surface area contributed by atoms with Crippen molar-refractivity contribution in [2.45, 2.75) is 12.3 Å². The molecular formula is C10H14BrO2P. The van der Waals surface area contributed by atoms with E-state index in [1.807, 2.05) is 12.1 Å². The molecule has 4 heteroatoms. The minimum absolute atomic E-state index is 0.689. The van der Waals surface area contributed by atoms with Crippen molar-refractivity contribution in [2.75, 3.05) is 13.3 Å². The van der Waals surface area contributed by atoms with Gasteiger partial charge in [-0.3, -0.25) is 0 Å². The number of rotatable bonds is 2. The topological polar surface area (TPSA) is 37.3 Å². The smallest absolute Gasteiger partial charge is 0.139 e. The molecule has 1 aromatic carbocycles. The molecule has 0 aliphatic rings. The van der Waals surface area contributed by atoms with Crippen molar-refractivity contribution in [1.29, 1.82) is 0 Å². The fourth-order valence-electron chi connectivity index (χ4n) is 1.08. The highest BCUT2D eigenvalue weighted by atomic mass is 79.9. The Morgan fingerprint density at radius 2 is 1.71 bits per heavy atom. The van der Waals surface area contributed by atoms with Crippen molar-refractivity contribution in [2.24, 2.45) is 0 Å². The third kappa shape index (κ3) is 2.28. The first-order chi connectivity index (χ1) is 6.25. The van der Waals surface area contributed by atoms with E-state index in [0.29, 0.717) is 5.56 Å². The second kappa shape index (κ2) is 3.80. The molecule has 1 rings (SSSR count). The van der Waals surface area contributed by atoms with Crippen LogP contribution in [0.15, 0.2) is 28.7 Å². The Bertz CT molecular complexity index is 364. The van der Waals surface area contributed by atoms with E-state index in [-0.39, 0.29) is 0 Å². The number of hydrogen-bond donors (Lipinski definition) is 1. The second-order valence-electron chi connectivity index (χ2n) is 3.88. The summed E-state index contributed by atoms with van der Waals surface area (Å²) >= 11 is 3.31. The number of benzene rings is 1. The van der Waals surface area contributed by atoms with Crippen LogP contribution < -0.4 is 0 Å². The van der Waals surface area contributed by atoms with Gasteiger partial charge in [-0.25, -0.2) is 0 Å². The zero-order valence-corrected chi connectivity index (χ0v) is 11.0. The van der Waals surface area contributed by atoms with Gasteiger partial charge in [0.1, 0.15) is 12.5 Å². The largest absolute Gasteiger partial charge is 0.378 e. The first-order valence-electron chi connectivity index (χ1n) is 4.28.